The molecule has 0 bridgehead atoms. The molecule has 1 aliphatic carbocycles. The van der Waals surface area contributed by atoms with Crippen LogP contribution in [0.3, 0.4) is 0 Å². The van der Waals surface area contributed by atoms with Crippen LogP contribution in [0.5, 0.6) is 0 Å². The Kier molecular flexibility index (Phi) is 3.28. The molecule has 0 atom stereocenters. The molecule has 1 saturated carbocycles. The van der Waals surface area contributed by atoms with E-state index in [4.69, 9.17) is 0 Å². The number of hydrogen-bond donors (Lipinski definition) is 2. The summed E-state index contributed by atoms with van der Waals surface area (Å²) in [7, 11) is 0. The van der Waals surface area contributed by atoms with E-state index in [-0.39, 0.29) is 18.4 Å². The van der Waals surface area contributed by atoms with E-state index >= 15 is 0 Å². The first-order valence-corrected chi connectivity index (χ1v) is 6.82. The average molecular weight is 289 g/mol. The topological polar surface area (TPSA) is 104 Å². The number of rotatable bonds is 3. The highest BCUT2D eigenvalue weighted by molar-refractivity contribution is 6.10. The summed E-state index contributed by atoms with van der Waals surface area (Å²) in [5, 5.41) is 5.18. The van der Waals surface area contributed by atoms with Gasteiger partial charge in [-0.1, -0.05) is 12.8 Å². The monoisotopic (exact) mass is 289 g/mol. The number of nitrogens with one attached hydrogen (secondary N) is 2. The molecule has 0 unspecified atom stereocenters. The zero-order valence-electron chi connectivity index (χ0n) is 11.3. The number of carbonyl (C=O) groups is 3. The van der Waals surface area contributed by atoms with Gasteiger partial charge in [0.15, 0.2) is 0 Å². The van der Waals surface area contributed by atoms with Crippen molar-refractivity contribution < 1.29 is 14.4 Å². The lowest BCUT2D eigenvalue weighted by molar-refractivity contribution is -0.133. The maximum Gasteiger partial charge on any atom is 0.325 e. The normalized spacial score (nSPS) is 19.9. The lowest BCUT2D eigenvalue weighted by Gasteiger charge is -2.19. The van der Waals surface area contributed by atoms with Crippen LogP contribution in [0.2, 0.25) is 0 Å². The minimum Gasteiger partial charge on any atom is -0.323 e. The highest BCUT2D eigenvalue weighted by Crippen LogP contribution is 2.34. The van der Waals surface area contributed by atoms with Gasteiger partial charge in [-0.05, 0) is 18.9 Å². The molecule has 1 aliphatic heterocycles. The Hall–Kier alpha value is -2.51. The van der Waals surface area contributed by atoms with Crippen molar-refractivity contribution in [1.82, 2.24) is 20.2 Å². The summed E-state index contributed by atoms with van der Waals surface area (Å²) in [6.07, 6.45) is 6.07. The molecule has 110 valence electrons. The molecule has 2 aliphatic rings. The van der Waals surface area contributed by atoms with Gasteiger partial charge in [-0.2, -0.15) is 0 Å². The lowest BCUT2D eigenvalue weighted by atomic mass is 9.98. The smallest absolute Gasteiger partial charge is 0.323 e. The first-order chi connectivity index (χ1) is 10.1. The van der Waals surface area contributed by atoms with E-state index in [2.05, 4.69) is 20.6 Å². The lowest BCUT2D eigenvalue weighted by Crippen LogP contribution is -2.44. The fourth-order valence-corrected chi connectivity index (χ4v) is 2.81. The average Bonchev–Trinajstić information content (AvgIpc) is 3.02. The van der Waals surface area contributed by atoms with Crippen LogP contribution in [0.4, 0.5) is 10.7 Å². The summed E-state index contributed by atoms with van der Waals surface area (Å²) < 4.78 is 0. The molecule has 8 nitrogen and oxygen atoms in total. The van der Waals surface area contributed by atoms with Gasteiger partial charge >= 0.3 is 6.03 Å². The molecule has 1 aromatic rings. The fourth-order valence-electron chi connectivity index (χ4n) is 2.81. The van der Waals surface area contributed by atoms with Gasteiger partial charge in [0.1, 0.15) is 12.1 Å². The Morgan fingerprint density at radius 3 is 2.62 bits per heavy atom. The van der Waals surface area contributed by atoms with Gasteiger partial charge in [0.05, 0.1) is 0 Å². The van der Waals surface area contributed by atoms with Crippen LogP contribution in [-0.4, -0.2) is 44.8 Å². The maximum atomic E-state index is 12.4. The zero-order chi connectivity index (χ0) is 14.9. The predicted octanol–water partition coefficient (Wildman–Crippen LogP) is 0.280. The molecule has 4 amide bonds. The highest BCUT2D eigenvalue weighted by atomic mass is 16.2. The van der Waals surface area contributed by atoms with Gasteiger partial charge in [-0.25, -0.2) is 14.8 Å². The van der Waals surface area contributed by atoms with Crippen molar-refractivity contribution in [3.8, 4) is 0 Å². The molecule has 2 fully saturated rings. The summed E-state index contributed by atoms with van der Waals surface area (Å²) in [4.78, 5) is 44.8. The maximum absolute atomic E-state index is 12.4. The van der Waals surface area contributed by atoms with Gasteiger partial charge in [0, 0.05) is 12.4 Å². The van der Waals surface area contributed by atoms with E-state index in [9.17, 15) is 14.4 Å². The Balaban J connectivity index is 1.66. The van der Waals surface area contributed by atoms with E-state index in [1.54, 1.807) is 6.07 Å². The molecule has 1 aromatic heterocycles. The standard InChI is InChI=1S/C13H15N5O3/c19-9(16-11-14-6-3-7-15-11)8-18-10(20)13(17-12(18)21)4-1-2-5-13/h3,6-7H,1-2,4-5,8H2,(H,17,21)(H,14,15,16,19). The zero-order valence-corrected chi connectivity index (χ0v) is 11.3. The van der Waals surface area contributed by atoms with Crippen LogP contribution in [-0.2, 0) is 9.59 Å². The molecule has 21 heavy (non-hydrogen) atoms. The molecule has 0 radical (unpaired) electrons. The van der Waals surface area contributed by atoms with Crippen LogP contribution < -0.4 is 10.6 Å². The molecule has 1 saturated heterocycles. The van der Waals surface area contributed by atoms with E-state index in [1.807, 2.05) is 0 Å². The van der Waals surface area contributed by atoms with Crippen molar-refractivity contribution in [2.75, 3.05) is 11.9 Å². The van der Waals surface area contributed by atoms with Crippen LogP contribution >= 0.6 is 0 Å². The predicted molar refractivity (Wildman–Crippen MR) is 72.1 cm³/mol. The number of urea groups is 1. The third-order valence-electron chi connectivity index (χ3n) is 3.82. The Labute approximate surface area is 120 Å². The third-order valence-corrected chi connectivity index (χ3v) is 3.82. The van der Waals surface area contributed by atoms with Crippen LogP contribution in [0.1, 0.15) is 25.7 Å². The number of imide groups is 1. The van der Waals surface area contributed by atoms with Crippen LogP contribution in [0.15, 0.2) is 18.5 Å². The first kappa shape index (κ1) is 13.5. The van der Waals surface area contributed by atoms with E-state index in [0.717, 1.165) is 17.7 Å². The number of amides is 4. The summed E-state index contributed by atoms with van der Waals surface area (Å²) in [6, 6.07) is 1.11. The quantitative estimate of drug-likeness (QED) is 0.778. The highest BCUT2D eigenvalue weighted by Gasteiger charge is 2.52. The van der Waals surface area contributed by atoms with Crippen molar-refractivity contribution in [2.24, 2.45) is 0 Å². The number of nitrogens with zero attached hydrogens (tertiary/aromatic N) is 3. The molecular weight excluding hydrogens is 274 g/mol. The molecule has 2 N–H and O–H groups in total. The third kappa shape index (κ3) is 2.44. The van der Waals surface area contributed by atoms with E-state index < -0.39 is 17.5 Å². The number of aromatic nitrogens is 2. The van der Waals surface area contributed by atoms with Crippen LogP contribution in [0, 0.1) is 0 Å². The van der Waals surface area contributed by atoms with E-state index in [0.29, 0.717) is 12.8 Å². The molecular formula is C13H15N5O3. The molecule has 0 aromatic carbocycles. The minimum atomic E-state index is -0.791. The largest absolute Gasteiger partial charge is 0.325 e. The van der Waals surface area contributed by atoms with Gasteiger partial charge in [0.2, 0.25) is 11.9 Å². The fraction of sp³-hybridized carbons (Fsp3) is 0.462. The molecule has 3 rings (SSSR count). The minimum absolute atomic E-state index is 0.144. The van der Waals surface area contributed by atoms with Crippen molar-refractivity contribution in [2.45, 2.75) is 31.2 Å². The van der Waals surface area contributed by atoms with Gasteiger partial charge in [0.25, 0.3) is 5.91 Å². The van der Waals surface area contributed by atoms with Gasteiger partial charge in [-0.15, -0.1) is 0 Å². The summed E-state index contributed by atoms with van der Waals surface area (Å²) in [5.41, 5.74) is -0.791. The van der Waals surface area contributed by atoms with Gasteiger partial charge < -0.3 is 5.32 Å². The second-order valence-electron chi connectivity index (χ2n) is 5.23. The second kappa shape index (κ2) is 5.12. The number of hydrogen-bond acceptors (Lipinski definition) is 5. The number of anilines is 1. The molecule has 1 spiro atoms. The SMILES string of the molecule is O=C(CN1C(=O)NC2(CCCC2)C1=O)Nc1ncccn1. The van der Waals surface area contributed by atoms with Crippen molar-refractivity contribution in [3.05, 3.63) is 18.5 Å². The van der Waals surface area contributed by atoms with Crippen molar-refractivity contribution in [3.63, 3.8) is 0 Å². The molecule has 2 heterocycles. The number of carbonyl (C=O) groups excluding carboxylic acids is 3. The van der Waals surface area contributed by atoms with Crippen LogP contribution in [0.25, 0.3) is 0 Å². The summed E-state index contributed by atoms with van der Waals surface area (Å²) in [5.74, 6) is -0.668. The van der Waals surface area contributed by atoms with Crippen molar-refractivity contribution in [1.29, 1.82) is 0 Å². The summed E-state index contributed by atoms with van der Waals surface area (Å²) >= 11 is 0. The summed E-state index contributed by atoms with van der Waals surface area (Å²) in [6.45, 7) is -0.329. The molecule has 8 heteroatoms. The van der Waals surface area contributed by atoms with E-state index in [1.165, 1.54) is 12.4 Å². The van der Waals surface area contributed by atoms with Gasteiger partial charge in [-0.3, -0.25) is 19.8 Å². The Morgan fingerprint density at radius 1 is 1.29 bits per heavy atom. The Morgan fingerprint density at radius 2 is 1.95 bits per heavy atom. The Bertz CT molecular complexity index is 583. The first-order valence-electron chi connectivity index (χ1n) is 6.82. The van der Waals surface area contributed by atoms with Crippen molar-refractivity contribution >= 4 is 23.8 Å². The second-order valence-corrected chi connectivity index (χ2v) is 5.23.